The third kappa shape index (κ3) is 2.46. The molecular formula is C15H21NO2. The molecule has 0 aromatic carbocycles. The highest BCUT2D eigenvalue weighted by molar-refractivity contribution is 5.84. The summed E-state index contributed by atoms with van der Waals surface area (Å²) in [5.74, 6) is 0.541. The third-order valence-corrected chi connectivity index (χ3v) is 4.07. The largest absolute Gasteiger partial charge is 0.375 e. The topological polar surface area (TPSA) is 39.2 Å². The molecule has 2 rings (SSSR count). The number of ketones is 1. The van der Waals surface area contributed by atoms with Crippen molar-refractivity contribution >= 4 is 5.78 Å². The van der Waals surface area contributed by atoms with Crippen molar-refractivity contribution in [1.29, 1.82) is 0 Å². The van der Waals surface area contributed by atoms with Crippen LogP contribution in [-0.2, 0) is 16.0 Å². The number of carbonyl (C=O) groups is 1. The molecule has 1 aliphatic rings. The molecule has 1 aromatic heterocycles. The Hall–Kier alpha value is -1.22. The van der Waals surface area contributed by atoms with Crippen LogP contribution in [0.5, 0.6) is 0 Å². The first-order chi connectivity index (χ1) is 8.50. The number of hydrogen-bond acceptors (Lipinski definition) is 3. The van der Waals surface area contributed by atoms with Crippen LogP contribution in [0, 0.1) is 18.8 Å². The maximum absolute atomic E-state index is 12.4. The van der Waals surface area contributed by atoms with Gasteiger partial charge in [-0.25, -0.2) is 0 Å². The normalized spacial score (nSPS) is 31.6. The van der Waals surface area contributed by atoms with E-state index in [2.05, 4.69) is 11.9 Å². The van der Waals surface area contributed by atoms with E-state index in [0.29, 0.717) is 6.42 Å². The Morgan fingerprint density at radius 1 is 1.33 bits per heavy atom. The summed E-state index contributed by atoms with van der Waals surface area (Å²) in [6.45, 7) is 8.13. The second-order valence-corrected chi connectivity index (χ2v) is 5.34. The zero-order valence-corrected chi connectivity index (χ0v) is 11.5. The predicted molar refractivity (Wildman–Crippen MR) is 70.3 cm³/mol. The Morgan fingerprint density at radius 3 is 2.61 bits per heavy atom. The first-order valence-electron chi connectivity index (χ1n) is 6.59. The summed E-state index contributed by atoms with van der Waals surface area (Å²) in [5.41, 5.74) is 1.97. The highest BCUT2D eigenvalue weighted by atomic mass is 16.5. The van der Waals surface area contributed by atoms with Crippen molar-refractivity contribution in [2.24, 2.45) is 11.8 Å². The summed E-state index contributed by atoms with van der Waals surface area (Å²) in [6, 6.07) is 3.89. The van der Waals surface area contributed by atoms with Gasteiger partial charge in [0.25, 0.3) is 0 Å². The number of aromatic nitrogens is 1. The van der Waals surface area contributed by atoms with Gasteiger partial charge in [-0.3, -0.25) is 9.78 Å². The number of nitrogens with zero attached hydrogens (tertiary/aromatic N) is 1. The van der Waals surface area contributed by atoms with Crippen LogP contribution in [0.1, 0.15) is 32.0 Å². The van der Waals surface area contributed by atoms with Gasteiger partial charge < -0.3 is 4.74 Å². The van der Waals surface area contributed by atoms with Crippen molar-refractivity contribution < 1.29 is 9.53 Å². The van der Waals surface area contributed by atoms with E-state index in [4.69, 9.17) is 4.74 Å². The van der Waals surface area contributed by atoms with Gasteiger partial charge in [0, 0.05) is 18.5 Å². The van der Waals surface area contributed by atoms with Gasteiger partial charge in [-0.15, -0.1) is 0 Å². The maximum atomic E-state index is 12.4. The molecule has 1 aromatic rings. The molecule has 1 aliphatic heterocycles. The van der Waals surface area contributed by atoms with Gasteiger partial charge >= 0.3 is 0 Å². The first-order valence-corrected chi connectivity index (χ1v) is 6.59. The van der Waals surface area contributed by atoms with Gasteiger partial charge in [0.2, 0.25) is 0 Å². The summed E-state index contributed by atoms with van der Waals surface area (Å²) in [6.07, 6.45) is 2.35. The zero-order chi connectivity index (χ0) is 13.3. The Labute approximate surface area is 109 Å². The van der Waals surface area contributed by atoms with E-state index in [-0.39, 0.29) is 29.8 Å². The molecular weight excluding hydrogens is 226 g/mol. The highest BCUT2D eigenvalue weighted by Crippen LogP contribution is 2.33. The van der Waals surface area contributed by atoms with Gasteiger partial charge in [-0.2, -0.15) is 0 Å². The molecule has 0 bridgehead atoms. The molecule has 0 amide bonds. The average Bonchev–Trinajstić information content (AvgIpc) is 2.56. The number of ether oxygens (including phenoxy) is 1. The Bertz CT molecular complexity index is 444. The lowest BCUT2D eigenvalue weighted by atomic mass is 9.84. The van der Waals surface area contributed by atoms with E-state index in [0.717, 1.165) is 11.3 Å². The van der Waals surface area contributed by atoms with E-state index in [1.54, 1.807) is 6.20 Å². The van der Waals surface area contributed by atoms with Crippen molar-refractivity contribution in [1.82, 2.24) is 4.98 Å². The summed E-state index contributed by atoms with van der Waals surface area (Å²) >= 11 is 0. The van der Waals surface area contributed by atoms with Crippen LogP contribution >= 0.6 is 0 Å². The fourth-order valence-corrected chi connectivity index (χ4v) is 2.81. The van der Waals surface area contributed by atoms with Gasteiger partial charge in [0.05, 0.1) is 17.9 Å². The van der Waals surface area contributed by atoms with Crippen molar-refractivity contribution in [3.63, 3.8) is 0 Å². The van der Waals surface area contributed by atoms with Crippen molar-refractivity contribution in [2.45, 2.75) is 46.3 Å². The lowest BCUT2D eigenvalue weighted by Gasteiger charge is -2.17. The molecule has 18 heavy (non-hydrogen) atoms. The Morgan fingerprint density at radius 2 is 2.06 bits per heavy atom. The summed E-state index contributed by atoms with van der Waals surface area (Å²) in [4.78, 5) is 16.7. The minimum absolute atomic E-state index is 0.00130. The number of rotatable bonds is 3. The molecule has 0 radical (unpaired) electrons. The number of carbonyl (C=O) groups excluding carboxylic acids is 1. The SMILES string of the molecule is Cc1cccnc1CC(=O)C1C(C)OC(C)C1C. The molecule has 0 N–H and O–H groups in total. The predicted octanol–water partition coefficient (Wildman–Crippen LogP) is 2.56. The molecule has 1 saturated heterocycles. The standard InChI is InChI=1S/C15H21NO2/c1-9-6-5-7-16-13(9)8-14(17)15-10(2)11(3)18-12(15)4/h5-7,10-12,15H,8H2,1-4H3. The molecule has 4 atom stereocenters. The van der Waals surface area contributed by atoms with Crippen molar-refractivity contribution in [2.75, 3.05) is 0 Å². The minimum Gasteiger partial charge on any atom is -0.375 e. The second kappa shape index (κ2) is 5.19. The fraction of sp³-hybridized carbons (Fsp3) is 0.600. The lowest BCUT2D eigenvalue weighted by Crippen LogP contribution is -2.28. The number of hydrogen-bond donors (Lipinski definition) is 0. The zero-order valence-electron chi connectivity index (χ0n) is 11.5. The molecule has 2 heterocycles. The van der Waals surface area contributed by atoms with Crippen molar-refractivity contribution in [3.05, 3.63) is 29.6 Å². The molecule has 3 nitrogen and oxygen atoms in total. The maximum Gasteiger partial charge on any atom is 0.144 e. The van der Waals surface area contributed by atoms with Crippen LogP contribution in [0.3, 0.4) is 0 Å². The van der Waals surface area contributed by atoms with Gasteiger partial charge in [0.15, 0.2) is 0 Å². The quantitative estimate of drug-likeness (QED) is 0.824. The Kier molecular flexibility index (Phi) is 3.81. The van der Waals surface area contributed by atoms with Crippen LogP contribution in [-0.4, -0.2) is 23.0 Å². The Balaban J connectivity index is 2.11. The van der Waals surface area contributed by atoms with Crippen LogP contribution in [0.2, 0.25) is 0 Å². The number of aryl methyl sites for hydroxylation is 1. The fourth-order valence-electron chi connectivity index (χ4n) is 2.81. The van der Waals surface area contributed by atoms with E-state index in [9.17, 15) is 4.79 Å². The van der Waals surface area contributed by atoms with Gasteiger partial charge in [-0.05, 0) is 38.3 Å². The highest BCUT2D eigenvalue weighted by Gasteiger charge is 2.41. The molecule has 98 valence electrons. The number of Topliss-reactive ketones (excluding diaryl/α,β-unsaturated/α-hetero) is 1. The summed E-state index contributed by atoms with van der Waals surface area (Å²) < 4.78 is 5.73. The first kappa shape index (κ1) is 13.2. The smallest absolute Gasteiger partial charge is 0.144 e. The van der Waals surface area contributed by atoms with E-state index in [1.165, 1.54) is 0 Å². The van der Waals surface area contributed by atoms with Crippen molar-refractivity contribution in [3.8, 4) is 0 Å². The summed E-state index contributed by atoms with van der Waals surface area (Å²) in [5, 5.41) is 0. The third-order valence-electron chi connectivity index (χ3n) is 4.07. The molecule has 0 saturated carbocycles. The molecule has 4 unspecified atom stereocenters. The number of pyridine rings is 1. The van der Waals surface area contributed by atoms with Crippen LogP contribution in [0.4, 0.5) is 0 Å². The average molecular weight is 247 g/mol. The molecule has 0 aliphatic carbocycles. The van der Waals surface area contributed by atoms with Crippen LogP contribution in [0.25, 0.3) is 0 Å². The van der Waals surface area contributed by atoms with Crippen LogP contribution < -0.4 is 0 Å². The van der Waals surface area contributed by atoms with E-state index >= 15 is 0 Å². The van der Waals surface area contributed by atoms with Gasteiger partial charge in [-0.1, -0.05) is 13.0 Å². The lowest BCUT2D eigenvalue weighted by molar-refractivity contribution is -0.124. The van der Waals surface area contributed by atoms with Gasteiger partial charge in [0.1, 0.15) is 5.78 Å². The van der Waals surface area contributed by atoms with E-state index in [1.807, 2.05) is 32.9 Å². The molecule has 1 fully saturated rings. The molecule has 3 heteroatoms. The van der Waals surface area contributed by atoms with Crippen LogP contribution in [0.15, 0.2) is 18.3 Å². The monoisotopic (exact) mass is 247 g/mol. The minimum atomic E-state index is 0.00130. The molecule has 0 spiro atoms. The summed E-state index contributed by atoms with van der Waals surface area (Å²) in [7, 11) is 0. The van der Waals surface area contributed by atoms with E-state index < -0.39 is 0 Å². The second-order valence-electron chi connectivity index (χ2n) is 5.34.